The van der Waals surface area contributed by atoms with E-state index in [4.69, 9.17) is 5.11 Å². The number of carboxylic acid groups (broad SMARTS) is 1. The zero-order chi connectivity index (χ0) is 12.3. The fourth-order valence-corrected chi connectivity index (χ4v) is 2.14. The maximum absolute atomic E-state index is 12.0. The quantitative estimate of drug-likeness (QED) is 0.759. The van der Waals surface area contributed by atoms with E-state index < -0.39 is 12.0 Å². The minimum atomic E-state index is -0.917. The Labute approximate surface area is 96.0 Å². The van der Waals surface area contributed by atoms with E-state index >= 15 is 0 Å². The van der Waals surface area contributed by atoms with Gasteiger partial charge in [0.05, 0.1) is 6.42 Å². The van der Waals surface area contributed by atoms with Crippen LogP contribution in [0.2, 0.25) is 0 Å². The van der Waals surface area contributed by atoms with E-state index in [1.165, 1.54) is 0 Å². The van der Waals surface area contributed by atoms with E-state index in [1.807, 2.05) is 18.7 Å². The van der Waals surface area contributed by atoms with Crippen LogP contribution in [0.1, 0.15) is 26.7 Å². The molecule has 1 fully saturated rings. The molecule has 1 N–H and O–H groups in total. The molecule has 1 aliphatic heterocycles. The van der Waals surface area contributed by atoms with Crippen molar-refractivity contribution in [2.24, 2.45) is 0 Å². The Morgan fingerprint density at radius 2 is 2.12 bits per heavy atom. The number of aliphatic carboxylic acids is 1. The van der Waals surface area contributed by atoms with Crippen LogP contribution < -0.4 is 0 Å². The van der Waals surface area contributed by atoms with Gasteiger partial charge in [0, 0.05) is 26.2 Å². The van der Waals surface area contributed by atoms with Gasteiger partial charge in [0.2, 0.25) is 5.91 Å². The zero-order valence-electron chi connectivity index (χ0n) is 10.1. The topological polar surface area (TPSA) is 60.9 Å². The number of hydrogen-bond donors (Lipinski definition) is 1. The van der Waals surface area contributed by atoms with Crippen molar-refractivity contribution in [3.05, 3.63) is 0 Å². The smallest absolute Gasteiger partial charge is 0.305 e. The van der Waals surface area contributed by atoms with Gasteiger partial charge < -0.3 is 10.0 Å². The van der Waals surface area contributed by atoms with Crippen LogP contribution in [0.3, 0.4) is 0 Å². The van der Waals surface area contributed by atoms with Crippen LogP contribution in [0.5, 0.6) is 0 Å². The Kier molecular flexibility index (Phi) is 4.29. The first-order chi connectivity index (χ1) is 7.43. The van der Waals surface area contributed by atoms with Crippen LogP contribution in [0, 0.1) is 0 Å². The lowest BCUT2D eigenvalue weighted by atomic mass is 10.1. The summed E-state index contributed by atoms with van der Waals surface area (Å²) >= 11 is 0. The average molecular weight is 228 g/mol. The first-order valence-electron chi connectivity index (χ1n) is 5.66. The van der Waals surface area contributed by atoms with Crippen molar-refractivity contribution in [2.45, 2.75) is 38.8 Å². The second-order valence-corrected chi connectivity index (χ2v) is 4.56. The molecule has 1 unspecified atom stereocenters. The summed E-state index contributed by atoms with van der Waals surface area (Å²) < 4.78 is 0. The number of amides is 1. The van der Waals surface area contributed by atoms with Gasteiger partial charge in [-0.25, -0.2) is 0 Å². The van der Waals surface area contributed by atoms with Gasteiger partial charge in [-0.05, 0) is 20.3 Å². The molecular weight excluding hydrogens is 208 g/mol. The molecule has 16 heavy (non-hydrogen) atoms. The van der Waals surface area contributed by atoms with Gasteiger partial charge >= 0.3 is 5.97 Å². The summed E-state index contributed by atoms with van der Waals surface area (Å²) in [6, 6.07) is -0.315. The number of carbonyl (C=O) groups is 2. The molecule has 0 aromatic heterocycles. The van der Waals surface area contributed by atoms with Crippen LogP contribution in [-0.4, -0.2) is 59.0 Å². The molecule has 0 bridgehead atoms. The Balaban J connectivity index is 2.88. The third-order valence-corrected chi connectivity index (χ3v) is 3.00. The van der Waals surface area contributed by atoms with Crippen molar-refractivity contribution in [3.63, 3.8) is 0 Å². The molecule has 0 spiro atoms. The predicted molar refractivity (Wildman–Crippen MR) is 60.1 cm³/mol. The van der Waals surface area contributed by atoms with Crippen molar-refractivity contribution in [1.29, 1.82) is 0 Å². The first-order valence-corrected chi connectivity index (χ1v) is 5.66. The molecule has 0 radical (unpaired) electrons. The van der Waals surface area contributed by atoms with Crippen LogP contribution in [-0.2, 0) is 9.59 Å². The maximum Gasteiger partial charge on any atom is 0.305 e. The lowest BCUT2D eigenvalue weighted by Gasteiger charge is -2.31. The summed E-state index contributed by atoms with van der Waals surface area (Å²) in [4.78, 5) is 26.4. The molecular formula is C11H20N2O3. The van der Waals surface area contributed by atoms with Crippen molar-refractivity contribution < 1.29 is 14.7 Å². The third kappa shape index (κ3) is 2.95. The van der Waals surface area contributed by atoms with E-state index in [0.717, 1.165) is 13.0 Å². The van der Waals surface area contributed by atoms with Crippen LogP contribution >= 0.6 is 0 Å². The molecule has 1 heterocycles. The van der Waals surface area contributed by atoms with Crippen LogP contribution in [0.25, 0.3) is 0 Å². The van der Waals surface area contributed by atoms with Gasteiger partial charge in [0.25, 0.3) is 0 Å². The van der Waals surface area contributed by atoms with E-state index in [9.17, 15) is 9.59 Å². The number of nitrogens with zero attached hydrogens (tertiary/aromatic N) is 2. The van der Waals surface area contributed by atoms with E-state index in [-0.39, 0.29) is 18.4 Å². The molecule has 1 amide bonds. The Bertz CT molecular complexity index is 278. The van der Waals surface area contributed by atoms with Gasteiger partial charge in [0.1, 0.15) is 6.04 Å². The van der Waals surface area contributed by atoms with Gasteiger partial charge in [-0.2, -0.15) is 0 Å². The molecule has 0 aliphatic carbocycles. The Morgan fingerprint density at radius 1 is 1.50 bits per heavy atom. The molecule has 1 rings (SSSR count). The molecule has 0 aromatic carbocycles. The lowest BCUT2D eigenvalue weighted by molar-refractivity contribution is -0.144. The van der Waals surface area contributed by atoms with Gasteiger partial charge in [0.15, 0.2) is 0 Å². The highest BCUT2D eigenvalue weighted by atomic mass is 16.4. The summed E-state index contributed by atoms with van der Waals surface area (Å²) in [6.07, 6.45) is 0.790. The Hall–Kier alpha value is -1.10. The second kappa shape index (κ2) is 5.30. The Morgan fingerprint density at radius 3 is 2.62 bits per heavy atom. The predicted octanol–water partition coefficient (Wildman–Crippen LogP) is 0.402. The second-order valence-electron chi connectivity index (χ2n) is 4.56. The summed E-state index contributed by atoms with van der Waals surface area (Å²) in [5.41, 5.74) is 0. The minimum Gasteiger partial charge on any atom is -0.481 e. The summed E-state index contributed by atoms with van der Waals surface area (Å²) in [7, 11) is 1.74. The number of rotatable bonds is 3. The fraction of sp³-hybridized carbons (Fsp3) is 0.818. The highest BCUT2D eigenvalue weighted by molar-refractivity contribution is 5.86. The number of carboxylic acids is 1. The van der Waals surface area contributed by atoms with Gasteiger partial charge in [-0.3, -0.25) is 14.5 Å². The molecule has 5 heteroatoms. The van der Waals surface area contributed by atoms with Crippen molar-refractivity contribution in [1.82, 2.24) is 9.80 Å². The highest BCUT2D eigenvalue weighted by Gasteiger charge is 2.33. The summed E-state index contributed by atoms with van der Waals surface area (Å²) in [5.74, 6) is -0.993. The molecule has 0 aromatic rings. The molecule has 0 saturated carbocycles. The number of carbonyl (C=O) groups excluding carboxylic acids is 1. The number of hydrogen-bond acceptors (Lipinski definition) is 3. The normalized spacial score (nSPS) is 23.6. The van der Waals surface area contributed by atoms with E-state index in [2.05, 4.69) is 0 Å². The zero-order valence-corrected chi connectivity index (χ0v) is 10.1. The largest absolute Gasteiger partial charge is 0.481 e. The lowest BCUT2D eigenvalue weighted by Crippen LogP contribution is -2.48. The number of likely N-dealkylation sites (N-methyl/N-ethyl adjacent to an activating group) is 1. The van der Waals surface area contributed by atoms with Gasteiger partial charge in [-0.15, -0.1) is 0 Å². The standard InChI is InChI=1S/C11H20N2O3/c1-8(2)13-6-4-5-12(3)11(16)9(13)7-10(14)15/h8-9H,4-7H2,1-3H3,(H,14,15). The SMILES string of the molecule is CC(C)N1CCCN(C)C(=O)C1CC(=O)O. The highest BCUT2D eigenvalue weighted by Crippen LogP contribution is 2.16. The molecule has 92 valence electrons. The van der Waals surface area contributed by atoms with Crippen LogP contribution in [0.4, 0.5) is 0 Å². The van der Waals surface area contributed by atoms with Crippen molar-refractivity contribution in [2.75, 3.05) is 20.1 Å². The van der Waals surface area contributed by atoms with E-state index in [1.54, 1.807) is 11.9 Å². The van der Waals surface area contributed by atoms with Gasteiger partial charge in [-0.1, -0.05) is 0 Å². The van der Waals surface area contributed by atoms with Crippen molar-refractivity contribution in [3.8, 4) is 0 Å². The van der Waals surface area contributed by atoms with E-state index in [0.29, 0.717) is 6.54 Å². The molecule has 1 aliphatic rings. The molecule has 5 nitrogen and oxygen atoms in total. The maximum atomic E-state index is 12.0. The third-order valence-electron chi connectivity index (χ3n) is 3.00. The summed E-state index contributed by atoms with van der Waals surface area (Å²) in [5, 5.41) is 8.86. The minimum absolute atomic E-state index is 0.0754. The van der Waals surface area contributed by atoms with Crippen molar-refractivity contribution >= 4 is 11.9 Å². The first kappa shape index (κ1) is 13.0. The van der Waals surface area contributed by atoms with Crippen LogP contribution in [0.15, 0.2) is 0 Å². The monoisotopic (exact) mass is 228 g/mol. The molecule has 1 saturated heterocycles. The fourth-order valence-electron chi connectivity index (χ4n) is 2.14. The summed E-state index contributed by atoms with van der Waals surface area (Å²) in [6.45, 7) is 5.48. The average Bonchev–Trinajstić information content (AvgIpc) is 2.30. The molecule has 1 atom stereocenters.